The molecule has 0 bridgehead atoms. The molecule has 1 heterocycles. The Morgan fingerprint density at radius 2 is 1.73 bits per heavy atom. The Hall–Kier alpha value is -1.60. The number of nitrogens with zero attached hydrogens (tertiary/aromatic N) is 1. The number of benzene rings is 1. The van der Waals surface area contributed by atoms with Crippen molar-refractivity contribution in [2.45, 2.75) is 30.6 Å². The minimum absolute atomic E-state index is 0.122. The van der Waals surface area contributed by atoms with E-state index in [1.807, 2.05) is 0 Å². The molecule has 122 valence electrons. The molecule has 1 aromatic rings. The van der Waals surface area contributed by atoms with E-state index in [0.717, 1.165) is 25.7 Å². The zero-order chi connectivity index (χ0) is 16.0. The minimum atomic E-state index is -3.68. The first kappa shape index (κ1) is 16.8. The summed E-state index contributed by atoms with van der Waals surface area (Å²) in [4.78, 5) is 14.0. The number of amides is 1. The van der Waals surface area contributed by atoms with E-state index in [1.165, 1.54) is 19.2 Å². The maximum atomic E-state index is 12.2. The van der Waals surface area contributed by atoms with Gasteiger partial charge in [0.05, 0.1) is 18.6 Å². The van der Waals surface area contributed by atoms with Crippen LogP contribution in [-0.2, 0) is 14.8 Å². The van der Waals surface area contributed by atoms with Crippen molar-refractivity contribution >= 4 is 15.9 Å². The van der Waals surface area contributed by atoms with Gasteiger partial charge in [-0.1, -0.05) is 12.8 Å². The topological polar surface area (TPSA) is 75.7 Å². The van der Waals surface area contributed by atoms with Crippen LogP contribution < -0.4 is 9.46 Å². The Labute approximate surface area is 131 Å². The molecule has 1 aliphatic heterocycles. The van der Waals surface area contributed by atoms with Crippen LogP contribution in [0.3, 0.4) is 0 Å². The predicted molar refractivity (Wildman–Crippen MR) is 83.2 cm³/mol. The van der Waals surface area contributed by atoms with Crippen LogP contribution in [0.5, 0.6) is 5.75 Å². The smallest absolute Gasteiger partial charge is 0.241 e. The number of sulfonamides is 1. The number of hydrogen-bond acceptors (Lipinski definition) is 4. The highest BCUT2D eigenvalue weighted by Crippen LogP contribution is 2.15. The molecule has 0 atom stereocenters. The molecule has 1 aliphatic rings. The lowest BCUT2D eigenvalue weighted by atomic mass is 10.2. The Kier molecular flexibility index (Phi) is 5.79. The summed E-state index contributed by atoms with van der Waals surface area (Å²) in [6.45, 7) is 1.22. The van der Waals surface area contributed by atoms with Crippen molar-refractivity contribution in [3.63, 3.8) is 0 Å². The van der Waals surface area contributed by atoms with Gasteiger partial charge < -0.3 is 9.64 Å². The van der Waals surface area contributed by atoms with E-state index >= 15 is 0 Å². The van der Waals surface area contributed by atoms with Gasteiger partial charge in [0.2, 0.25) is 15.9 Å². The summed E-state index contributed by atoms with van der Waals surface area (Å²) >= 11 is 0. The van der Waals surface area contributed by atoms with E-state index in [9.17, 15) is 13.2 Å². The van der Waals surface area contributed by atoms with Crippen molar-refractivity contribution in [1.82, 2.24) is 9.62 Å². The second-order valence-electron chi connectivity index (χ2n) is 5.30. The summed E-state index contributed by atoms with van der Waals surface area (Å²) in [5, 5.41) is 0. The highest BCUT2D eigenvalue weighted by Gasteiger charge is 2.19. The van der Waals surface area contributed by atoms with Gasteiger partial charge in [-0.25, -0.2) is 13.1 Å². The van der Waals surface area contributed by atoms with Gasteiger partial charge in [-0.05, 0) is 37.1 Å². The fourth-order valence-corrected chi connectivity index (χ4v) is 3.40. The molecule has 0 unspecified atom stereocenters. The molecule has 0 aromatic heterocycles. The third kappa shape index (κ3) is 4.45. The van der Waals surface area contributed by atoms with Gasteiger partial charge in [0.1, 0.15) is 5.75 Å². The molecule has 0 spiro atoms. The van der Waals surface area contributed by atoms with Gasteiger partial charge in [-0.3, -0.25) is 4.79 Å². The van der Waals surface area contributed by atoms with Crippen molar-refractivity contribution < 1.29 is 17.9 Å². The molecule has 1 N–H and O–H groups in total. The Balaban J connectivity index is 1.94. The molecule has 22 heavy (non-hydrogen) atoms. The molecular formula is C15H22N2O4S. The Morgan fingerprint density at radius 1 is 1.14 bits per heavy atom. The van der Waals surface area contributed by atoms with E-state index in [-0.39, 0.29) is 17.3 Å². The zero-order valence-corrected chi connectivity index (χ0v) is 13.6. The van der Waals surface area contributed by atoms with Crippen molar-refractivity contribution in [2.24, 2.45) is 0 Å². The van der Waals surface area contributed by atoms with Crippen LogP contribution >= 0.6 is 0 Å². The second kappa shape index (κ2) is 7.60. The van der Waals surface area contributed by atoms with Crippen molar-refractivity contribution in [3.8, 4) is 5.75 Å². The standard InChI is InChI=1S/C15H22N2O4S/c1-21-13-6-8-14(9-7-13)22(19,20)16-12-15(18)17-10-4-2-3-5-11-17/h6-9,16H,2-5,10-12H2,1H3. The van der Waals surface area contributed by atoms with E-state index in [0.29, 0.717) is 18.8 Å². The molecule has 1 amide bonds. The van der Waals surface area contributed by atoms with Crippen LogP contribution in [0.1, 0.15) is 25.7 Å². The predicted octanol–water partition coefficient (Wildman–Crippen LogP) is 1.38. The fraction of sp³-hybridized carbons (Fsp3) is 0.533. The van der Waals surface area contributed by atoms with Gasteiger partial charge >= 0.3 is 0 Å². The van der Waals surface area contributed by atoms with Gasteiger partial charge in [0.15, 0.2) is 0 Å². The van der Waals surface area contributed by atoms with Gasteiger partial charge in [0.25, 0.3) is 0 Å². The van der Waals surface area contributed by atoms with Crippen molar-refractivity contribution in [3.05, 3.63) is 24.3 Å². The van der Waals surface area contributed by atoms with Crippen LogP contribution in [-0.4, -0.2) is 46.0 Å². The number of carbonyl (C=O) groups is 1. The average molecular weight is 326 g/mol. The number of likely N-dealkylation sites (tertiary alicyclic amines) is 1. The Morgan fingerprint density at radius 3 is 2.27 bits per heavy atom. The lowest BCUT2D eigenvalue weighted by Crippen LogP contribution is -2.40. The number of rotatable bonds is 5. The molecule has 0 aliphatic carbocycles. The third-order valence-electron chi connectivity index (χ3n) is 3.74. The number of hydrogen-bond donors (Lipinski definition) is 1. The maximum absolute atomic E-state index is 12.2. The van der Waals surface area contributed by atoms with Gasteiger partial charge in [-0.2, -0.15) is 0 Å². The largest absolute Gasteiger partial charge is 0.497 e. The fourth-order valence-electron chi connectivity index (χ4n) is 2.43. The summed E-state index contributed by atoms with van der Waals surface area (Å²) < 4.78 is 31.7. The quantitative estimate of drug-likeness (QED) is 0.887. The second-order valence-corrected chi connectivity index (χ2v) is 7.06. The van der Waals surface area contributed by atoms with Crippen LogP contribution in [0.25, 0.3) is 0 Å². The van der Waals surface area contributed by atoms with E-state index in [2.05, 4.69) is 4.72 Å². The van der Waals surface area contributed by atoms with E-state index in [4.69, 9.17) is 4.74 Å². The normalized spacial score (nSPS) is 16.1. The zero-order valence-electron chi connectivity index (χ0n) is 12.7. The van der Waals surface area contributed by atoms with E-state index < -0.39 is 10.0 Å². The molecule has 0 saturated carbocycles. The average Bonchev–Trinajstić information content (AvgIpc) is 2.82. The highest BCUT2D eigenvalue weighted by atomic mass is 32.2. The Bertz CT molecular complexity index is 590. The van der Waals surface area contributed by atoms with Crippen LogP contribution in [0, 0.1) is 0 Å². The molecule has 1 fully saturated rings. The lowest BCUT2D eigenvalue weighted by molar-refractivity contribution is -0.129. The van der Waals surface area contributed by atoms with Gasteiger partial charge in [0, 0.05) is 13.1 Å². The first-order valence-corrected chi connectivity index (χ1v) is 8.93. The third-order valence-corrected chi connectivity index (χ3v) is 5.16. The van der Waals surface area contributed by atoms with Crippen molar-refractivity contribution in [2.75, 3.05) is 26.7 Å². The number of ether oxygens (including phenoxy) is 1. The highest BCUT2D eigenvalue weighted by molar-refractivity contribution is 7.89. The summed E-state index contributed by atoms with van der Waals surface area (Å²) in [5.74, 6) is 0.415. The molecular weight excluding hydrogens is 304 g/mol. The summed E-state index contributed by atoms with van der Waals surface area (Å²) in [7, 11) is -2.17. The monoisotopic (exact) mass is 326 g/mol. The lowest BCUT2D eigenvalue weighted by Gasteiger charge is -2.20. The summed E-state index contributed by atoms with van der Waals surface area (Å²) in [6.07, 6.45) is 4.22. The number of carbonyl (C=O) groups excluding carboxylic acids is 1. The SMILES string of the molecule is COc1ccc(S(=O)(=O)NCC(=O)N2CCCCCC2)cc1. The molecule has 1 saturated heterocycles. The summed E-state index contributed by atoms with van der Waals surface area (Å²) in [6, 6.07) is 6.06. The molecule has 2 rings (SSSR count). The summed E-state index contributed by atoms with van der Waals surface area (Å²) in [5.41, 5.74) is 0. The first-order valence-electron chi connectivity index (χ1n) is 7.44. The minimum Gasteiger partial charge on any atom is -0.497 e. The number of methoxy groups -OCH3 is 1. The first-order chi connectivity index (χ1) is 10.5. The van der Waals surface area contributed by atoms with Gasteiger partial charge in [-0.15, -0.1) is 0 Å². The van der Waals surface area contributed by atoms with Crippen LogP contribution in [0.2, 0.25) is 0 Å². The maximum Gasteiger partial charge on any atom is 0.241 e. The van der Waals surface area contributed by atoms with Crippen molar-refractivity contribution in [1.29, 1.82) is 0 Å². The molecule has 6 nitrogen and oxygen atoms in total. The molecule has 0 radical (unpaired) electrons. The molecule has 1 aromatic carbocycles. The van der Waals surface area contributed by atoms with Crippen LogP contribution in [0.15, 0.2) is 29.2 Å². The van der Waals surface area contributed by atoms with E-state index in [1.54, 1.807) is 17.0 Å². The molecule has 7 heteroatoms. The van der Waals surface area contributed by atoms with Crippen LogP contribution in [0.4, 0.5) is 0 Å². The number of nitrogens with one attached hydrogen (secondary N) is 1.